The van der Waals surface area contributed by atoms with E-state index in [-0.39, 0.29) is 5.41 Å². The van der Waals surface area contributed by atoms with Gasteiger partial charge in [0.25, 0.3) is 0 Å². The molecular formula is C38H27NO2. The van der Waals surface area contributed by atoms with Gasteiger partial charge in [0.05, 0.1) is 5.69 Å². The van der Waals surface area contributed by atoms with Crippen LogP contribution < -0.4 is 9.47 Å². The van der Waals surface area contributed by atoms with E-state index in [1.165, 1.54) is 22.3 Å². The largest absolute Gasteiger partial charge is 0.449 e. The topological polar surface area (TPSA) is 31.4 Å². The Bertz CT molecular complexity index is 1940. The van der Waals surface area contributed by atoms with Gasteiger partial charge in [-0.15, -0.1) is 0 Å². The van der Waals surface area contributed by atoms with E-state index in [9.17, 15) is 0 Å². The van der Waals surface area contributed by atoms with Crippen molar-refractivity contribution in [3.05, 3.63) is 139 Å². The van der Waals surface area contributed by atoms with Crippen LogP contribution in [0.2, 0.25) is 0 Å². The molecule has 1 aliphatic heterocycles. The molecule has 0 saturated heterocycles. The van der Waals surface area contributed by atoms with Crippen molar-refractivity contribution in [2.75, 3.05) is 0 Å². The summed E-state index contributed by atoms with van der Waals surface area (Å²) < 4.78 is 13.1. The number of benzene rings is 5. The molecule has 3 nitrogen and oxygen atoms in total. The highest BCUT2D eigenvalue weighted by Gasteiger charge is 2.37. The van der Waals surface area contributed by atoms with E-state index in [1.807, 2.05) is 36.5 Å². The van der Waals surface area contributed by atoms with Crippen LogP contribution >= 0.6 is 0 Å². The third-order valence-corrected chi connectivity index (χ3v) is 8.43. The summed E-state index contributed by atoms with van der Waals surface area (Å²) in [4.78, 5) is 4.46. The minimum atomic E-state index is -0.101. The molecule has 0 radical (unpaired) electrons. The van der Waals surface area contributed by atoms with Crippen LogP contribution in [0.4, 0.5) is 0 Å². The van der Waals surface area contributed by atoms with Gasteiger partial charge in [-0.2, -0.15) is 0 Å². The van der Waals surface area contributed by atoms with Crippen molar-refractivity contribution in [3.8, 4) is 67.6 Å². The molecule has 1 aromatic heterocycles. The first-order valence-corrected chi connectivity index (χ1v) is 14.0. The van der Waals surface area contributed by atoms with Gasteiger partial charge in [-0.1, -0.05) is 105 Å². The van der Waals surface area contributed by atoms with Gasteiger partial charge in [0.15, 0.2) is 23.0 Å². The third kappa shape index (κ3) is 3.77. The van der Waals surface area contributed by atoms with Crippen LogP contribution in [0, 0.1) is 0 Å². The fourth-order valence-corrected chi connectivity index (χ4v) is 6.23. The van der Waals surface area contributed by atoms with Crippen molar-refractivity contribution in [1.82, 2.24) is 4.98 Å². The van der Waals surface area contributed by atoms with Crippen molar-refractivity contribution in [3.63, 3.8) is 0 Å². The zero-order chi connectivity index (χ0) is 27.6. The molecule has 0 saturated carbocycles. The van der Waals surface area contributed by atoms with Gasteiger partial charge in [-0.05, 0) is 69.3 Å². The molecule has 2 heterocycles. The van der Waals surface area contributed by atoms with Gasteiger partial charge >= 0.3 is 0 Å². The monoisotopic (exact) mass is 529 g/mol. The minimum absolute atomic E-state index is 0.101. The molecule has 0 fully saturated rings. The highest BCUT2D eigenvalue weighted by Crippen LogP contribution is 2.56. The predicted octanol–water partition coefficient (Wildman–Crippen LogP) is 10.3. The van der Waals surface area contributed by atoms with E-state index in [4.69, 9.17) is 9.47 Å². The van der Waals surface area contributed by atoms with Crippen LogP contribution in [0.3, 0.4) is 0 Å². The fraction of sp³-hybridized carbons (Fsp3) is 0.0789. The molecule has 0 amide bonds. The zero-order valence-corrected chi connectivity index (χ0v) is 22.9. The summed E-state index contributed by atoms with van der Waals surface area (Å²) in [5, 5.41) is 0. The lowest BCUT2D eigenvalue weighted by Crippen LogP contribution is -2.15. The Hall–Kier alpha value is -5.15. The second kappa shape index (κ2) is 8.94. The minimum Gasteiger partial charge on any atom is -0.449 e. The molecule has 3 heteroatoms. The van der Waals surface area contributed by atoms with E-state index < -0.39 is 0 Å². The summed E-state index contributed by atoms with van der Waals surface area (Å²) in [6, 6.07) is 42.2. The van der Waals surface area contributed by atoms with Gasteiger partial charge < -0.3 is 9.47 Å². The van der Waals surface area contributed by atoms with E-state index in [2.05, 4.69) is 110 Å². The van der Waals surface area contributed by atoms with E-state index in [0.29, 0.717) is 0 Å². The van der Waals surface area contributed by atoms with Crippen LogP contribution in [0.25, 0.3) is 44.6 Å². The SMILES string of the molecule is CC1(C)c2ccccc2-c2cc3c(cc21)Oc1c(cccc1-c1ccc(-c2ccc(-c4ccccn4)cc2)cc1)O3. The molecule has 0 N–H and O–H groups in total. The average Bonchev–Trinajstić information content (AvgIpc) is 3.25. The van der Waals surface area contributed by atoms with Gasteiger partial charge in [-0.3, -0.25) is 4.98 Å². The van der Waals surface area contributed by atoms with E-state index in [1.54, 1.807) is 0 Å². The van der Waals surface area contributed by atoms with Crippen LogP contribution in [0.15, 0.2) is 128 Å². The Morgan fingerprint density at radius 2 is 1.15 bits per heavy atom. The molecule has 0 atom stereocenters. The maximum absolute atomic E-state index is 6.62. The average molecular weight is 530 g/mol. The predicted molar refractivity (Wildman–Crippen MR) is 165 cm³/mol. The normalized spacial score (nSPS) is 13.7. The Labute approximate surface area is 239 Å². The number of pyridine rings is 1. The van der Waals surface area contributed by atoms with Crippen LogP contribution in [-0.2, 0) is 5.41 Å². The molecule has 5 aromatic carbocycles. The van der Waals surface area contributed by atoms with E-state index >= 15 is 0 Å². The van der Waals surface area contributed by atoms with Crippen molar-refractivity contribution in [1.29, 1.82) is 0 Å². The van der Waals surface area contributed by atoms with Crippen LogP contribution in [-0.4, -0.2) is 4.98 Å². The van der Waals surface area contributed by atoms with Crippen molar-refractivity contribution >= 4 is 0 Å². The lowest BCUT2D eigenvalue weighted by atomic mass is 9.82. The van der Waals surface area contributed by atoms with Crippen LogP contribution in [0.1, 0.15) is 25.0 Å². The summed E-state index contributed by atoms with van der Waals surface area (Å²) in [6.45, 7) is 4.56. The molecular weight excluding hydrogens is 502 g/mol. The van der Waals surface area contributed by atoms with Gasteiger partial charge in [0, 0.05) is 22.7 Å². The molecule has 41 heavy (non-hydrogen) atoms. The van der Waals surface area contributed by atoms with Crippen molar-refractivity contribution < 1.29 is 9.47 Å². The first-order chi connectivity index (χ1) is 20.1. The molecule has 196 valence electrons. The summed E-state index contributed by atoms with van der Waals surface area (Å²) >= 11 is 0. The quantitative estimate of drug-likeness (QED) is 0.228. The molecule has 2 aliphatic rings. The molecule has 1 aliphatic carbocycles. The Balaban J connectivity index is 1.11. The number of para-hydroxylation sites is 1. The molecule has 0 bridgehead atoms. The highest BCUT2D eigenvalue weighted by molar-refractivity contribution is 5.84. The zero-order valence-electron chi connectivity index (χ0n) is 22.9. The highest BCUT2D eigenvalue weighted by atomic mass is 16.6. The number of fused-ring (bicyclic) bond motifs is 5. The van der Waals surface area contributed by atoms with Crippen LogP contribution in [0.5, 0.6) is 23.0 Å². The Morgan fingerprint density at radius 3 is 1.90 bits per heavy atom. The lowest BCUT2D eigenvalue weighted by molar-refractivity contribution is 0.360. The summed E-state index contributed by atoms with van der Waals surface area (Å²) in [5.74, 6) is 3.00. The first kappa shape index (κ1) is 23.7. The van der Waals surface area contributed by atoms with Gasteiger partial charge in [-0.25, -0.2) is 0 Å². The second-order valence-corrected chi connectivity index (χ2v) is 11.2. The van der Waals surface area contributed by atoms with Gasteiger partial charge in [0.1, 0.15) is 0 Å². The number of rotatable bonds is 3. The molecule has 0 unspecified atom stereocenters. The number of hydrogen-bond acceptors (Lipinski definition) is 3. The van der Waals surface area contributed by atoms with E-state index in [0.717, 1.165) is 56.5 Å². The Morgan fingerprint density at radius 1 is 0.488 bits per heavy atom. The molecule has 0 spiro atoms. The smallest absolute Gasteiger partial charge is 0.177 e. The molecule has 8 rings (SSSR count). The fourth-order valence-electron chi connectivity index (χ4n) is 6.23. The second-order valence-electron chi connectivity index (χ2n) is 11.2. The maximum atomic E-state index is 6.62. The standard InChI is InChI=1S/C38H27NO2/c1-38(2)31-10-4-3-8-29(31)30-22-35-36(23-32(30)38)41-37-28(9-7-12-34(37)40-35)26-17-13-24(14-18-26)25-15-19-27(20-16-25)33-11-5-6-21-39-33/h3-23H,1-2H3. The van der Waals surface area contributed by atoms with Gasteiger partial charge in [0.2, 0.25) is 0 Å². The third-order valence-electron chi connectivity index (χ3n) is 8.43. The first-order valence-electron chi connectivity index (χ1n) is 14.0. The summed E-state index contributed by atoms with van der Waals surface area (Å²) in [5.41, 5.74) is 11.5. The maximum Gasteiger partial charge on any atom is 0.177 e. The number of aromatic nitrogens is 1. The summed E-state index contributed by atoms with van der Waals surface area (Å²) in [7, 11) is 0. The number of nitrogens with zero attached hydrogens (tertiary/aromatic N) is 1. The van der Waals surface area contributed by atoms with Crippen molar-refractivity contribution in [2.45, 2.75) is 19.3 Å². The summed E-state index contributed by atoms with van der Waals surface area (Å²) in [6.07, 6.45) is 1.82. The number of ether oxygens (including phenoxy) is 2. The lowest BCUT2D eigenvalue weighted by Gasteiger charge is -2.26. The molecule has 6 aromatic rings. The number of hydrogen-bond donors (Lipinski definition) is 0. The van der Waals surface area contributed by atoms with Crippen molar-refractivity contribution in [2.24, 2.45) is 0 Å². The Kier molecular flexibility index (Phi) is 5.17.